The first kappa shape index (κ1) is 65.9. The topological polar surface area (TPSA) is 45.2 Å². The van der Waals surface area contributed by atoms with E-state index in [0.717, 1.165) is 168 Å². The third kappa shape index (κ3) is 12.8. The van der Waals surface area contributed by atoms with E-state index in [0.29, 0.717) is 17.5 Å². The van der Waals surface area contributed by atoms with Gasteiger partial charge in [0.05, 0.1) is 0 Å². The normalized spacial score (nSPS) is 11.9. The minimum Gasteiger partial charge on any atom is -0.311 e. The zero-order chi connectivity index (χ0) is 73.6. The highest BCUT2D eigenvalue weighted by Crippen LogP contribution is 2.50. The molecule has 0 bridgehead atoms. The summed E-state index contributed by atoms with van der Waals surface area (Å²) < 4.78 is 0. The molecule has 0 fully saturated rings. The number of aromatic nitrogens is 3. The molecule has 18 aromatic rings. The fourth-order valence-electron chi connectivity index (χ4n) is 16.4. The highest BCUT2D eigenvalue weighted by Gasteiger charge is 2.45. The summed E-state index contributed by atoms with van der Waals surface area (Å²) in [4.78, 5) is 22.8. The largest absolute Gasteiger partial charge is 0.311 e. The Kier molecular flexibility index (Phi) is 17.0. The van der Waals surface area contributed by atoms with Gasteiger partial charge in [0.25, 0.3) is 6.71 Å². The summed E-state index contributed by atoms with van der Waals surface area (Å²) >= 11 is 0. The van der Waals surface area contributed by atoms with Crippen molar-refractivity contribution in [1.29, 1.82) is 0 Å². The van der Waals surface area contributed by atoms with Crippen LogP contribution in [0.5, 0.6) is 0 Å². The van der Waals surface area contributed by atoms with Crippen LogP contribution in [0.1, 0.15) is 0 Å². The molecule has 0 spiro atoms. The Morgan fingerprint density at radius 3 is 0.577 bits per heavy atom. The Morgan fingerprint density at radius 1 is 0.153 bits per heavy atom. The molecular weight excluding hydrogens is 1340 g/mol. The molecule has 0 amide bonds. The molecule has 5 nitrogen and oxygen atoms in total. The van der Waals surface area contributed by atoms with Crippen LogP contribution >= 0.6 is 0 Å². The Balaban J connectivity index is 0.933. The molecule has 0 radical (unpaired) electrons. The van der Waals surface area contributed by atoms with Gasteiger partial charge in [-0.15, -0.1) is 0 Å². The van der Waals surface area contributed by atoms with E-state index >= 15 is 0 Å². The van der Waals surface area contributed by atoms with Crippen LogP contribution in [0.3, 0.4) is 0 Å². The summed E-state index contributed by atoms with van der Waals surface area (Å²) in [5.41, 5.74) is 34.0. The van der Waals surface area contributed by atoms with Crippen molar-refractivity contribution in [1.82, 2.24) is 15.0 Å². The molecular formula is C105H70BN5. The summed E-state index contributed by atoms with van der Waals surface area (Å²) in [5.74, 6) is 1.59. The fraction of sp³-hybridized carbons (Fsp3) is 0. The lowest BCUT2D eigenvalue weighted by atomic mass is 9.33. The van der Waals surface area contributed by atoms with Crippen molar-refractivity contribution in [3.05, 3.63) is 425 Å². The molecule has 3 heterocycles. The summed E-state index contributed by atoms with van der Waals surface area (Å²) in [6, 6.07) is 155. The maximum Gasteiger partial charge on any atom is 0.252 e. The van der Waals surface area contributed by atoms with E-state index < -0.39 is 0 Å². The van der Waals surface area contributed by atoms with Crippen LogP contribution in [0.25, 0.3) is 145 Å². The zero-order valence-corrected chi connectivity index (χ0v) is 60.7. The molecule has 0 aliphatic carbocycles. The number of nitrogens with zero attached hydrogens (tertiary/aromatic N) is 5. The lowest BCUT2D eigenvalue weighted by molar-refractivity contribution is 1.07. The van der Waals surface area contributed by atoms with Crippen LogP contribution in [0.2, 0.25) is 0 Å². The average Bonchev–Trinajstić information content (AvgIpc) is 0.692. The van der Waals surface area contributed by atoms with Gasteiger partial charge in [-0.3, -0.25) is 0 Å². The lowest BCUT2D eigenvalue weighted by Gasteiger charge is -2.45. The van der Waals surface area contributed by atoms with Gasteiger partial charge < -0.3 is 9.80 Å². The van der Waals surface area contributed by atoms with Gasteiger partial charge in [-0.1, -0.05) is 328 Å². The molecule has 0 saturated carbocycles. The standard InChI is InChI=1S/C105H70BN5/c1-11-31-71(32-12-1)81-51-53-96-98(67-81)110(94-63-87(77-43-23-7-24-44-77)57-88(64-94)78-45-25-8-26-46-78)100-69-93(70-101-102(100)106(96)97-54-52-82(72-33-13-2-14-34-72)68-99(97)111(101)95-65-89(79-47-27-9-28-48-79)58-90(66-95)80-49-29-10-30-50-80)105-108-103(91-59-83(73-35-15-3-16-36-73)55-84(60-91)74-37-17-4-18-38-74)107-104(109-105)92-61-85(75-39-19-5-20-40-75)56-86(62-92)76-41-21-6-22-42-76/h1-70H. The van der Waals surface area contributed by atoms with Crippen molar-refractivity contribution in [3.63, 3.8) is 0 Å². The summed E-state index contributed by atoms with van der Waals surface area (Å²) in [5, 5.41) is 0. The lowest BCUT2D eigenvalue weighted by Crippen LogP contribution is -2.61. The van der Waals surface area contributed by atoms with Crippen molar-refractivity contribution in [2.24, 2.45) is 0 Å². The molecule has 0 saturated heterocycles. The number of hydrogen-bond donors (Lipinski definition) is 0. The highest BCUT2D eigenvalue weighted by molar-refractivity contribution is 7.00. The van der Waals surface area contributed by atoms with E-state index in [4.69, 9.17) is 15.0 Å². The molecule has 0 N–H and O–H groups in total. The van der Waals surface area contributed by atoms with Gasteiger partial charge in [0.1, 0.15) is 0 Å². The van der Waals surface area contributed by atoms with Gasteiger partial charge in [0.15, 0.2) is 17.5 Å². The molecule has 0 unspecified atom stereocenters. The minimum atomic E-state index is -0.272. The number of fused-ring (bicyclic) bond motifs is 4. The quantitative estimate of drug-likeness (QED) is 0.0957. The van der Waals surface area contributed by atoms with Crippen molar-refractivity contribution in [3.8, 4) is 145 Å². The number of anilines is 6. The second kappa shape index (κ2) is 28.6. The van der Waals surface area contributed by atoms with Crippen LogP contribution in [-0.2, 0) is 0 Å². The number of hydrogen-bond acceptors (Lipinski definition) is 5. The van der Waals surface area contributed by atoms with Gasteiger partial charge in [0, 0.05) is 50.8 Å². The van der Waals surface area contributed by atoms with Gasteiger partial charge in [-0.25, -0.2) is 15.0 Å². The Hall–Kier alpha value is -14.6. The third-order valence-electron chi connectivity index (χ3n) is 21.8. The van der Waals surface area contributed by atoms with Crippen LogP contribution < -0.4 is 26.2 Å². The van der Waals surface area contributed by atoms with E-state index in [1.54, 1.807) is 0 Å². The first-order valence-electron chi connectivity index (χ1n) is 38.0. The van der Waals surface area contributed by atoms with E-state index in [-0.39, 0.29) is 6.71 Å². The smallest absolute Gasteiger partial charge is 0.252 e. The molecule has 6 heteroatoms. The monoisotopic (exact) mass is 1410 g/mol. The SMILES string of the molecule is c1ccc(-c2cc(-c3ccccc3)cc(-c3nc(-c4cc(-c5ccccc5)cc(-c5ccccc5)c4)nc(-c4cc5c6c(c4)N(c4cc(-c7ccccc7)cc(-c7ccccc7)c4)c4cc(-c7ccccc7)ccc4B6c4ccc(-c6ccccc6)cc4N5c4cc(-c5ccccc5)cc(-c5ccccc5)c4)n3)c2)cc1. The summed E-state index contributed by atoms with van der Waals surface area (Å²) in [6.45, 7) is -0.272. The first-order valence-corrected chi connectivity index (χ1v) is 38.0. The van der Waals surface area contributed by atoms with E-state index in [2.05, 4.69) is 434 Å². The predicted octanol–water partition coefficient (Wildman–Crippen LogP) is 25.6. The molecule has 2 aliphatic rings. The first-order chi connectivity index (χ1) is 55.0. The fourth-order valence-corrected chi connectivity index (χ4v) is 16.4. The Morgan fingerprint density at radius 2 is 0.342 bits per heavy atom. The van der Waals surface area contributed by atoms with Crippen LogP contribution in [0, 0.1) is 0 Å². The zero-order valence-electron chi connectivity index (χ0n) is 60.7. The van der Waals surface area contributed by atoms with Crippen molar-refractivity contribution in [2.75, 3.05) is 9.80 Å². The number of benzene rings is 17. The van der Waals surface area contributed by atoms with E-state index in [9.17, 15) is 0 Å². The minimum absolute atomic E-state index is 0.272. The maximum absolute atomic E-state index is 5.94. The van der Waals surface area contributed by atoms with Crippen LogP contribution in [-0.4, -0.2) is 21.7 Å². The summed E-state index contributed by atoms with van der Waals surface area (Å²) in [7, 11) is 0. The van der Waals surface area contributed by atoms with Crippen molar-refractivity contribution >= 4 is 57.2 Å². The molecule has 0 atom stereocenters. The molecule has 518 valence electrons. The molecule has 2 aliphatic heterocycles. The molecule has 1 aromatic heterocycles. The third-order valence-corrected chi connectivity index (χ3v) is 21.8. The van der Waals surface area contributed by atoms with Crippen LogP contribution in [0.15, 0.2) is 425 Å². The molecule has 20 rings (SSSR count). The van der Waals surface area contributed by atoms with E-state index in [1.807, 2.05) is 0 Å². The maximum atomic E-state index is 5.94. The highest BCUT2D eigenvalue weighted by atomic mass is 15.2. The van der Waals surface area contributed by atoms with Gasteiger partial charge in [0.2, 0.25) is 0 Å². The average molecular weight is 1410 g/mol. The predicted molar refractivity (Wildman–Crippen MR) is 465 cm³/mol. The van der Waals surface area contributed by atoms with Crippen molar-refractivity contribution < 1.29 is 0 Å². The Bertz CT molecular complexity index is 5850. The molecule has 111 heavy (non-hydrogen) atoms. The van der Waals surface area contributed by atoms with Gasteiger partial charge in [-0.05, 0) is 225 Å². The second-order valence-corrected chi connectivity index (χ2v) is 28.7. The van der Waals surface area contributed by atoms with Crippen LogP contribution in [0.4, 0.5) is 34.1 Å². The van der Waals surface area contributed by atoms with E-state index in [1.165, 1.54) is 10.9 Å². The second-order valence-electron chi connectivity index (χ2n) is 28.7. The van der Waals surface area contributed by atoms with Crippen molar-refractivity contribution in [2.45, 2.75) is 0 Å². The molecule has 17 aromatic carbocycles. The summed E-state index contributed by atoms with van der Waals surface area (Å²) in [6.07, 6.45) is 0. The Labute approximate surface area is 647 Å². The van der Waals surface area contributed by atoms with Gasteiger partial charge >= 0.3 is 0 Å². The van der Waals surface area contributed by atoms with Gasteiger partial charge in [-0.2, -0.15) is 0 Å². The number of rotatable bonds is 15.